The minimum atomic E-state index is -0.399. The maximum atomic E-state index is 11.7. The van der Waals surface area contributed by atoms with Gasteiger partial charge in [0.25, 0.3) is 5.91 Å². The van der Waals surface area contributed by atoms with Gasteiger partial charge in [-0.05, 0) is 12.1 Å². The molecule has 2 rings (SSSR count). The van der Waals surface area contributed by atoms with E-state index in [2.05, 4.69) is 20.6 Å². The zero-order chi connectivity index (χ0) is 14.4. The van der Waals surface area contributed by atoms with Gasteiger partial charge in [-0.3, -0.25) is 9.59 Å². The molecule has 0 unspecified atom stereocenters. The van der Waals surface area contributed by atoms with E-state index in [4.69, 9.17) is 11.6 Å². The third-order valence-corrected chi connectivity index (χ3v) is 2.55. The lowest BCUT2D eigenvalue weighted by Crippen LogP contribution is -2.33. The summed E-state index contributed by atoms with van der Waals surface area (Å²) in [6.45, 7) is -0.157. The van der Waals surface area contributed by atoms with Crippen molar-refractivity contribution in [2.75, 3.05) is 11.9 Å². The van der Waals surface area contributed by atoms with E-state index < -0.39 is 5.91 Å². The second-order valence-corrected chi connectivity index (χ2v) is 4.21. The van der Waals surface area contributed by atoms with Gasteiger partial charge in [-0.25, -0.2) is 9.97 Å². The summed E-state index contributed by atoms with van der Waals surface area (Å²) in [5, 5.41) is 5.23. The first kappa shape index (κ1) is 14.0. The number of nitrogens with one attached hydrogen (secondary N) is 2. The molecule has 0 radical (unpaired) electrons. The quantitative estimate of drug-likeness (QED) is 0.836. The van der Waals surface area contributed by atoms with E-state index in [0.717, 1.165) is 0 Å². The summed E-state index contributed by atoms with van der Waals surface area (Å²) < 4.78 is 0. The first-order chi connectivity index (χ1) is 9.65. The molecule has 0 saturated heterocycles. The van der Waals surface area contributed by atoms with Crippen LogP contribution in [0, 0.1) is 0 Å². The van der Waals surface area contributed by atoms with Crippen LogP contribution in [0.3, 0.4) is 0 Å². The Hall–Kier alpha value is -2.47. The third-order valence-electron chi connectivity index (χ3n) is 2.35. The molecule has 0 atom stereocenters. The van der Waals surface area contributed by atoms with Gasteiger partial charge in [0.1, 0.15) is 17.3 Å². The van der Waals surface area contributed by atoms with Crippen LogP contribution in [0.2, 0.25) is 5.15 Å². The van der Waals surface area contributed by atoms with Crippen LogP contribution < -0.4 is 10.6 Å². The Morgan fingerprint density at radius 1 is 1.15 bits per heavy atom. The van der Waals surface area contributed by atoms with Crippen molar-refractivity contribution in [1.82, 2.24) is 15.3 Å². The largest absolute Gasteiger partial charge is 0.343 e. The standard InChI is InChI=1S/C13H11ClN4O2/c14-10-6-11(17-8-16-10)18-12(19)7-15-13(20)9-4-2-1-3-5-9/h1-6,8H,7H2,(H,15,20)(H,16,17,18,19). The summed E-state index contributed by atoms with van der Waals surface area (Å²) in [4.78, 5) is 30.9. The van der Waals surface area contributed by atoms with Gasteiger partial charge in [-0.2, -0.15) is 0 Å². The predicted octanol–water partition coefficient (Wildman–Crippen LogP) is 1.50. The summed E-state index contributed by atoms with van der Waals surface area (Å²) in [5.74, 6) is -0.436. The van der Waals surface area contributed by atoms with Crippen molar-refractivity contribution in [3.05, 3.63) is 53.4 Å². The lowest BCUT2D eigenvalue weighted by atomic mass is 10.2. The highest BCUT2D eigenvalue weighted by atomic mass is 35.5. The molecule has 0 saturated carbocycles. The molecule has 6 nitrogen and oxygen atoms in total. The Morgan fingerprint density at radius 2 is 1.90 bits per heavy atom. The number of carbonyl (C=O) groups excluding carboxylic acids is 2. The summed E-state index contributed by atoms with van der Waals surface area (Å²) in [5.41, 5.74) is 0.491. The first-order valence-corrected chi connectivity index (χ1v) is 6.13. The Labute approximate surface area is 120 Å². The van der Waals surface area contributed by atoms with E-state index in [0.29, 0.717) is 5.56 Å². The molecular formula is C13H11ClN4O2. The van der Waals surface area contributed by atoms with Crippen molar-refractivity contribution < 1.29 is 9.59 Å². The molecule has 0 spiro atoms. The van der Waals surface area contributed by atoms with E-state index in [-0.39, 0.29) is 23.4 Å². The van der Waals surface area contributed by atoms with Crippen LogP contribution in [0.1, 0.15) is 10.4 Å². The van der Waals surface area contributed by atoms with Crippen LogP contribution >= 0.6 is 11.6 Å². The average molecular weight is 291 g/mol. The minimum absolute atomic E-state index is 0.157. The first-order valence-electron chi connectivity index (χ1n) is 5.76. The Kier molecular flexibility index (Phi) is 4.62. The Balaban J connectivity index is 1.85. The van der Waals surface area contributed by atoms with E-state index in [1.54, 1.807) is 24.3 Å². The van der Waals surface area contributed by atoms with Crippen LogP contribution in [0.25, 0.3) is 0 Å². The smallest absolute Gasteiger partial charge is 0.251 e. The van der Waals surface area contributed by atoms with Gasteiger partial charge in [0.05, 0.1) is 6.54 Å². The number of nitrogens with zero attached hydrogens (tertiary/aromatic N) is 2. The molecule has 1 aromatic heterocycles. The molecule has 0 aliphatic rings. The number of benzene rings is 1. The average Bonchev–Trinajstić information content (AvgIpc) is 2.46. The number of hydrogen-bond donors (Lipinski definition) is 2. The van der Waals surface area contributed by atoms with Crippen LogP contribution in [-0.4, -0.2) is 28.3 Å². The highest BCUT2D eigenvalue weighted by Gasteiger charge is 2.08. The third kappa shape index (κ3) is 4.03. The monoisotopic (exact) mass is 290 g/mol. The molecule has 1 aromatic carbocycles. The number of hydrogen-bond acceptors (Lipinski definition) is 4. The van der Waals surface area contributed by atoms with Gasteiger partial charge in [-0.15, -0.1) is 0 Å². The van der Waals surface area contributed by atoms with Gasteiger partial charge in [0, 0.05) is 11.6 Å². The van der Waals surface area contributed by atoms with Crippen molar-refractivity contribution >= 4 is 29.2 Å². The fourth-order valence-electron chi connectivity index (χ4n) is 1.44. The summed E-state index contributed by atoms with van der Waals surface area (Å²) in [6, 6.07) is 10.0. The van der Waals surface area contributed by atoms with Crippen molar-refractivity contribution in [2.45, 2.75) is 0 Å². The number of rotatable bonds is 4. The molecule has 2 N–H and O–H groups in total. The fraction of sp³-hybridized carbons (Fsp3) is 0.0769. The molecular weight excluding hydrogens is 280 g/mol. The van der Waals surface area contributed by atoms with Gasteiger partial charge in [0.15, 0.2) is 0 Å². The topological polar surface area (TPSA) is 84.0 Å². The van der Waals surface area contributed by atoms with Crippen LogP contribution in [0.15, 0.2) is 42.7 Å². The van der Waals surface area contributed by atoms with Crippen molar-refractivity contribution in [3.63, 3.8) is 0 Å². The second kappa shape index (κ2) is 6.63. The normalized spacial score (nSPS) is 9.85. The number of amides is 2. The molecule has 0 aliphatic heterocycles. The van der Waals surface area contributed by atoms with Crippen LogP contribution in [-0.2, 0) is 4.79 Å². The van der Waals surface area contributed by atoms with E-state index in [1.807, 2.05) is 6.07 Å². The zero-order valence-electron chi connectivity index (χ0n) is 10.3. The molecule has 7 heteroatoms. The predicted molar refractivity (Wildman–Crippen MR) is 74.4 cm³/mol. The van der Waals surface area contributed by atoms with Gasteiger partial charge >= 0.3 is 0 Å². The highest BCUT2D eigenvalue weighted by molar-refractivity contribution is 6.29. The number of aromatic nitrogens is 2. The van der Waals surface area contributed by atoms with E-state index in [9.17, 15) is 9.59 Å². The number of carbonyl (C=O) groups is 2. The summed E-state index contributed by atoms with van der Waals surface area (Å²) in [7, 11) is 0. The minimum Gasteiger partial charge on any atom is -0.343 e. The highest BCUT2D eigenvalue weighted by Crippen LogP contribution is 2.07. The molecule has 2 aromatic rings. The fourth-order valence-corrected chi connectivity index (χ4v) is 1.59. The van der Waals surface area contributed by atoms with Gasteiger partial charge in [-0.1, -0.05) is 29.8 Å². The Morgan fingerprint density at radius 3 is 2.60 bits per heavy atom. The van der Waals surface area contributed by atoms with Crippen LogP contribution in [0.5, 0.6) is 0 Å². The molecule has 102 valence electrons. The number of halogens is 1. The van der Waals surface area contributed by atoms with Gasteiger partial charge < -0.3 is 10.6 Å². The lowest BCUT2D eigenvalue weighted by molar-refractivity contribution is -0.115. The molecule has 0 fully saturated rings. The van der Waals surface area contributed by atoms with Gasteiger partial charge in [0.2, 0.25) is 5.91 Å². The van der Waals surface area contributed by atoms with Crippen molar-refractivity contribution in [1.29, 1.82) is 0 Å². The summed E-state index contributed by atoms with van der Waals surface area (Å²) >= 11 is 5.66. The maximum Gasteiger partial charge on any atom is 0.251 e. The van der Waals surface area contributed by atoms with Crippen molar-refractivity contribution in [2.24, 2.45) is 0 Å². The lowest BCUT2D eigenvalue weighted by Gasteiger charge is -2.06. The SMILES string of the molecule is O=C(CNC(=O)c1ccccc1)Nc1cc(Cl)ncn1. The van der Waals surface area contributed by atoms with E-state index in [1.165, 1.54) is 12.4 Å². The molecule has 1 heterocycles. The molecule has 0 bridgehead atoms. The number of anilines is 1. The molecule has 2 amide bonds. The Bertz CT molecular complexity index is 619. The zero-order valence-corrected chi connectivity index (χ0v) is 11.1. The van der Waals surface area contributed by atoms with Crippen LogP contribution in [0.4, 0.5) is 5.82 Å². The molecule has 0 aliphatic carbocycles. The molecule has 20 heavy (non-hydrogen) atoms. The van der Waals surface area contributed by atoms with Crippen molar-refractivity contribution in [3.8, 4) is 0 Å². The summed E-state index contributed by atoms with van der Waals surface area (Å²) in [6.07, 6.45) is 1.24. The maximum absolute atomic E-state index is 11.7. The van der Waals surface area contributed by atoms with E-state index >= 15 is 0 Å². The second-order valence-electron chi connectivity index (χ2n) is 3.82.